The average molecular weight is 440 g/mol. The molecule has 3 rings (SSSR count). The van der Waals surface area contributed by atoms with Gasteiger partial charge in [-0.3, -0.25) is 14.6 Å². The number of hydrogen-bond donors (Lipinski definition) is 1. The second-order valence-corrected chi connectivity index (χ2v) is 7.52. The number of rotatable bonds is 9. The number of likely N-dealkylation sites (N-methyl/N-ethyl adjacent to an activating group) is 1. The average Bonchev–Trinajstić information content (AvgIpc) is 3.09. The molecule has 170 valence electrons. The summed E-state index contributed by atoms with van der Waals surface area (Å²) in [7, 11) is 3.05. The standard InChI is InChI=1S/C24H29N3O5/c1-5-26(6-2)13-14-27-21(18-15-17(31-3)7-8-19(18)32-4)20(23(29)24(27)30)22(28)16-9-11-25-12-10-16/h7-12,15,21,28H,5-6,13-14H2,1-4H3/b22-20+. The van der Waals surface area contributed by atoms with Gasteiger partial charge in [-0.25, -0.2) is 0 Å². The summed E-state index contributed by atoms with van der Waals surface area (Å²) < 4.78 is 10.9. The van der Waals surface area contributed by atoms with Gasteiger partial charge in [0.1, 0.15) is 11.5 Å². The second-order valence-electron chi connectivity index (χ2n) is 7.52. The molecule has 0 bridgehead atoms. The minimum atomic E-state index is -0.865. The molecule has 2 heterocycles. The smallest absolute Gasteiger partial charge is 0.295 e. The topological polar surface area (TPSA) is 96.2 Å². The molecule has 1 aromatic heterocycles. The van der Waals surface area contributed by atoms with Crippen LogP contribution >= 0.6 is 0 Å². The van der Waals surface area contributed by atoms with E-state index in [0.717, 1.165) is 13.1 Å². The van der Waals surface area contributed by atoms with Gasteiger partial charge in [0.25, 0.3) is 5.91 Å². The molecular formula is C24H29N3O5. The van der Waals surface area contributed by atoms with Crippen LogP contribution in [0.4, 0.5) is 0 Å². The minimum Gasteiger partial charge on any atom is -0.872 e. The maximum absolute atomic E-state index is 13.4. The Bertz CT molecular complexity index is 1000. The lowest BCUT2D eigenvalue weighted by atomic mass is 9.94. The van der Waals surface area contributed by atoms with E-state index >= 15 is 0 Å². The van der Waals surface area contributed by atoms with E-state index in [1.807, 2.05) is 0 Å². The van der Waals surface area contributed by atoms with Gasteiger partial charge in [0.2, 0.25) is 5.78 Å². The van der Waals surface area contributed by atoms with Gasteiger partial charge >= 0.3 is 0 Å². The highest BCUT2D eigenvalue weighted by atomic mass is 16.5. The van der Waals surface area contributed by atoms with Gasteiger partial charge in [-0.15, -0.1) is 0 Å². The van der Waals surface area contributed by atoms with Gasteiger partial charge in [0, 0.05) is 23.5 Å². The Morgan fingerprint density at radius 3 is 2.38 bits per heavy atom. The molecule has 1 unspecified atom stereocenters. The van der Waals surface area contributed by atoms with Crippen LogP contribution < -0.4 is 19.5 Å². The molecule has 1 aliphatic rings. The van der Waals surface area contributed by atoms with Crippen LogP contribution in [0.15, 0.2) is 48.3 Å². The molecule has 8 heteroatoms. The molecule has 1 saturated heterocycles. The number of quaternary nitrogens is 1. The Balaban J connectivity index is 2.18. The number of nitrogens with one attached hydrogen (secondary N) is 1. The number of Topliss-reactive ketones (excluding diaryl/α,β-unsaturated/α-hetero) is 1. The fraction of sp³-hybridized carbons (Fsp3) is 0.375. The molecule has 1 atom stereocenters. The van der Waals surface area contributed by atoms with Gasteiger partial charge in [-0.05, 0) is 49.7 Å². The summed E-state index contributed by atoms with van der Waals surface area (Å²) in [5.74, 6) is -0.936. The van der Waals surface area contributed by atoms with Crippen molar-refractivity contribution in [2.75, 3.05) is 40.4 Å². The highest BCUT2D eigenvalue weighted by Gasteiger charge is 2.45. The highest BCUT2D eigenvalue weighted by Crippen LogP contribution is 2.43. The van der Waals surface area contributed by atoms with Crippen molar-refractivity contribution in [2.24, 2.45) is 0 Å². The Morgan fingerprint density at radius 2 is 1.78 bits per heavy atom. The monoisotopic (exact) mass is 439 g/mol. The van der Waals surface area contributed by atoms with Gasteiger partial charge in [0.15, 0.2) is 0 Å². The number of pyridine rings is 1. The van der Waals surface area contributed by atoms with Gasteiger partial charge in [0.05, 0.1) is 46.4 Å². The Kier molecular flexibility index (Phi) is 7.48. The van der Waals surface area contributed by atoms with Crippen LogP contribution in [0.1, 0.15) is 31.0 Å². The third kappa shape index (κ3) is 4.45. The SMILES string of the molecule is CC[NH+](CC)CCN1C(=O)C(=O)/C(=C(/[O-])c2ccncc2)C1c1cc(OC)ccc1OC. The molecule has 1 amide bonds. The predicted molar refractivity (Wildman–Crippen MR) is 117 cm³/mol. The van der Waals surface area contributed by atoms with Crippen molar-refractivity contribution < 1.29 is 29.1 Å². The van der Waals surface area contributed by atoms with Crippen LogP contribution in [-0.2, 0) is 9.59 Å². The van der Waals surface area contributed by atoms with Crippen LogP contribution in [0.5, 0.6) is 11.5 Å². The molecule has 1 fully saturated rings. The van der Waals surface area contributed by atoms with Crippen molar-refractivity contribution in [1.29, 1.82) is 0 Å². The quantitative estimate of drug-likeness (QED) is 0.342. The normalized spacial score (nSPS) is 17.8. The molecule has 1 aromatic carbocycles. The fourth-order valence-corrected chi connectivity index (χ4v) is 4.02. The number of benzene rings is 1. The van der Waals surface area contributed by atoms with Crippen molar-refractivity contribution in [2.45, 2.75) is 19.9 Å². The molecule has 1 N–H and O–H groups in total. The van der Waals surface area contributed by atoms with E-state index in [9.17, 15) is 14.7 Å². The number of hydrogen-bond acceptors (Lipinski definition) is 6. The van der Waals surface area contributed by atoms with Crippen molar-refractivity contribution >= 4 is 17.4 Å². The molecule has 0 saturated carbocycles. The molecule has 8 nitrogen and oxygen atoms in total. The molecule has 32 heavy (non-hydrogen) atoms. The van der Waals surface area contributed by atoms with Gasteiger partial charge in [-0.2, -0.15) is 0 Å². The lowest BCUT2D eigenvalue weighted by molar-refractivity contribution is -0.895. The first-order valence-electron chi connectivity index (χ1n) is 10.7. The number of ketones is 1. The summed E-state index contributed by atoms with van der Waals surface area (Å²) in [6.07, 6.45) is 2.97. The van der Waals surface area contributed by atoms with Crippen molar-refractivity contribution in [3.05, 3.63) is 59.4 Å². The Morgan fingerprint density at radius 1 is 1.09 bits per heavy atom. The first kappa shape index (κ1) is 23.3. The molecule has 0 aliphatic carbocycles. The predicted octanol–water partition coefficient (Wildman–Crippen LogP) is 0.248. The molecule has 2 aromatic rings. The first-order valence-corrected chi connectivity index (χ1v) is 10.7. The summed E-state index contributed by atoms with van der Waals surface area (Å²) in [4.78, 5) is 32.9. The van der Waals surface area contributed by atoms with Crippen molar-refractivity contribution in [3.8, 4) is 11.5 Å². The number of carbonyl (C=O) groups excluding carboxylic acids is 2. The Labute approximate surface area is 188 Å². The number of likely N-dealkylation sites (tertiary alicyclic amines) is 1. The van der Waals surface area contributed by atoms with Crippen LogP contribution in [0.2, 0.25) is 0 Å². The summed E-state index contributed by atoms with van der Waals surface area (Å²) in [5, 5.41) is 13.4. The van der Waals surface area contributed by atoms with Crippen LogP contribution in [0.3, 0.4) is 0 Å². The second kappa shape index (κ2) is 10.3. The lowest BCUT2D eigenvalue weighted by Crippen LogP contribution is -3.12. The van der Waals surface area contributed by atoms with E-state index in [1.165, 1.54) is 48.5 Å². The highest BCUT2D eigenvalue weighted by molar-refractivity contribution is 6.46. The fourth-order valence-electron chi connectivity index (χ4n) is 4.02. The summed E-state index contributed by atoms with van der Waals surface area (Å²) >= 11 is 0. The maximum atomic E-state index is 13.4. The molecule has 1 aliphatic heterocycles. The third-order valence-electron chi connectivity index (χ3n) is 5.91. The van der Waals surface area contributed by atoms with Crippen LogP contribution in [-0.4, -0.2) is 62.0 Å². The van der Waals surface area contributed by atoms with E-state index < -0.39 is 23.5 Å². The minimum absolute atomic E-state index is 0.0812. The molecule has 0 spiro atoms. The number of nitrogens with zero attached hydrogens (tertiary/aromatic N) is 2. The van der Waals surface area contributed by atoms with E-state index in [-0.39, 0.29) is 5.57 Å². The summed E-state index contributed by atoms with van der Waals surface area (Å²) in [5.41, 5.74) is 0.763. The number of aromatic nitrogens is 1. The third-order valence-corrected chi connectivity index (χ3v) is 5.91. The Hall–Kier alpha value is -3.39. The zero-order chi connectivity index (χ0) is 23.3. The zero-order valence-corrected chi connectivity index (χ0v) is 18.9. The molecular weight excluding hydrogens is 410 g/mol. The van der Waals surface area contributed by atoms with E-state index in [1.54, 1.807) is 18.2 Å². The molecule has 0 radical (unpaired) electrons. The number of methoxy groups -OCH3 is 2. The summed E-state index contributed by atoms with van der Waals surface area (Å²) in [6.45, 7) is 6.93. The van der Waals surface area contributed by atoms with E-state index in [4.69, 9.17) is 9.47 Å². The number of ether oxygens (including phenoxy) is 2. The zero-order valence-electron chi connectivity index (χ0n) is 18.9. The van der Waals surface area contributed by atoms with Crippen molar-refractivity contribution in [1.82, 2.24) is 9.88 Å². The van der Waals surface area contributed by atoms with Crippen LogP contribution in [0.25, 0.3) is 5.76 Å². The lowest BCUT2D eigenvalue weighted by Gasteiger charge is -2.29. The first-order chi connectivity index (χ1) is 15.5. The largest absolute Gasteiger partial charge is 0.872 e. The van der Waals surface area contributed by atoms with E-state index in [2.05, 4.69) is 18.8 Å². The number of carbonyl (C=O) groups is 2. The van der Waals surface area contributed by atoms with Gasteiger partial charge in [-0.1, -0.05) is 5.76 Å². The maximum Gasteiger partial charge on any atom is 0.295 e. The number of amides is 1. The van der Waals surface area contributed by atoms with Gasteiger partial charge < -0.3 is 24.4 Å². The van der Waals surface area contributed by atoms with Crippen molar-refractivity contribution in [3.63, 3.8) is 0 Å². The summed E-state index contributed by atoms with van der Waals surface area (Å²) in [6, 6.07) is 7.37. The van der Waals surface area contributed by atoms with Crippen LogP contribution in [0, 0.1) is 0 Å². The van der Waals surface area contributed by atoms with E-state index in [0.29, 0.717) is 35.7 Å².